The van der Waals surface area contributed by atoms with Crippen LogP contribution in [0.5, 0.6) is 0 Å². The quantitative estimate of drug-likeness (QED) is 0.859. The van der Waals surface area contributed by atoms with Gasteiger partial charge in [-0.1, -0.05) is 18.2 Å². The van der Waals surface area contributed by atoms with Crippen molar-refractivity contribution in [2.45, 2.75) is 18.0 Å². The molecule has 0 amide bonds. The first kappa shape index (κ1) is 18.6. The number of sulfonamides is 1. The van der Waals surface area contributed by atoms with E-state index < -0.39 is 10.0 Å². The number of aryl methyl sites for hydroxylation is 1. The molecule has 6 nitrogen and oxygen atoms in total. The van der Waals surface area contributed by atoms with Gasteiger partial charge in [0.15, 0.2) is 0 Å². The zero-order valence-corrected chi connectivity index (χ0v) is 14.5. The van der Waals surface area contributed by atoms with Gasteiger partial charge in [-0.15, -0.1) is 12.4 Å². The summed E-state index contributed by atoms with van der Waals surface area (Å²) in [5.74, 6) is 0. The summed E-state index contributed by atoms with van der Waals surface area (Å²) < 4.78 is 27.5. The Kier molecular flexibility index (Phi) is 6.55. The first-order valence-electron chi connectivity index (χ1n) is 6.60. The van der Waals surface area contributed by atoms with Gasteiger partial charge in [0.05, 0.1) is 11.1 Å². The third-order valence-electron chi connectivity index (χ3n) is 3.13. The summed E-state index contributed by atoms with van der Waals surface area (Å²) in [5, 5.41) is 7.34. The second-order valence-electron chi connectivity index (χ2n) is 5.02. The lowest BCUT2D eigenvalue weighted by molar-refractivity contribution is 0.518. The van der Waals surface area contributed by atoms with Gasteiger partial charge >= 0.3 is 0 Å². The fourth-order valence-corrected chi connectivity index (χ4v) is 3.12. The van der Waals surface area contributed by atoms with Crippen LogP contribution in [-0.4, -0.2) is 36.6 Å². The van der Waals surface area contributed by atoms with Crippen LogP contribution < -0.4 is 5.32 Å². The molecule has 0 fully saturated rings. The van der Waals surface area contributed by atoms with E-state index in [1.54, 1.807) is 23.0 Å². The van der Waals surface area contributed by atoms with E-state index in [4.69, 9.17) is 0 Å². The number of aromatic nitrogens is 2. The molecule has 2 aromatic rings. The molecule has 0 spiro atoms. The van der Waals surface area contributed by atoms with Crippen LogP contribution in [0.15, 0.2) is 41.6 Å². The minimum absolute atomic E-state index is 0. The fourth-order valence-electron chi connectivity index (χ4n) is 2.00. The molecule has 0 aliphatic carbocycles. The van der Waals surface area contributed by atoms with Gasteiger partial charge in [-0.3, -0.25) is 4.68 Å². The minimum Gasteiger partial charge on any atom is -0.308 e. The minimum atomic E-state index is -3.42. The highest BCUT2D eigenvalue weighted by molar-refractivity contribution is 7.89. The Morgan fingerprint density at radius 2 is 1.91 bits per heavy atom. The van der Waals surface area contributed by atoms with E-state index in [0.717, 1.165) is 11.1 Å². The van der Waals surface area contributed by atoms with Crippen LogP contribution in [0.4, 0.5) is 0 Å². The Morgan fingerprint density at radius 1 is 1.23 bits per heavy atom. The summed E-state index contributed by atoms with van der Waals surface area (Å²) in [7, 11) is 1.52. The molecule has 0 atom stereocenters. The molecule has 1 aromatic carbocycles. The third-order valence-corrected chi connectivity index (χ3v) is 5.05. The number of nitrogens with one attached hydrogen (secondary N) is 1. The summed E-state index contributed by atoms with van der Waals surface area (Å²) in [5.41, 5.74) is 1.82. The molecule has 22 heavy (non-hydrogen) atoms. The molecule has 0 saturated carbocycles. The largest absolute Gasteiger partial charge is 0.308 e. The van der Waals surface area contributed by atoms with E-state index >= 15 is 0 Å². The van der Waals surface area contributed by atoms with Gasteiger partial charge in [-0.05, 0) is 11.6 Å². The van der Waals surface area contributed by atoms with Gasteiger partial charge in [0.2, 0.25) is 10.0 Å². The number of benzene rings is 1. The van der Waals surface area contributed by atoms with Gasteiger partial charge in [0.25, 0.3) is 0 Å². The van der Waals surface area contributed by atoms with Crippen molar-refractivity contribution in [1.82, 2.24) is 19.4 Å². The summed E-state index contributed by atoms with van der Waals surface area (Å²) in [6, 6.07) is 7.04. The van der Waals surface area contributed by atoms with Crippen LogP contribution in [-0.2, 0) is 30.2 Å². The topological polar surface area (TPSA) is 67.2 Å². The molecule has 0 saturated heterocycles. The van der Waals surface area contributed by atoms with Crippen molar-refractivity contribution in [3.8, 4) is 0 Å². The maximum absolute atomic E-state index is 12.3. The first-order chi connectivity index (χ1) is 9.91. The summed E-state index contributed by atoms with van der Waals surface area (Å²) >= 11 is 0. The second-order valence-corrected chi connectivity index (χ2v) is 7.14. The molecule has 0 unspecified atom stereocenters. The van der Waals surface area contributed by atoms with Crippen molar-refractivity contribution in [3.63, 3.8) is 0 Å². The Labute approximate surface area is 137 Å². The van der Waals surface area contributed by atoms with Crippen LogP contribution in [0.3, 0.4) is 0 Å². The molecule has 1 N–H and O–H groups in total. The predicted octanol–water partition coefficient (Wildman–Crippen LogP) is 1.38. The van der Waals surface area contributed by atoms with Crippen LogP contribution >= 0.6 is 12.4 Å². The molecule has 0 aliphatic heterocycles. The van der Waals surface area contributed by atoms with Gasteiger partial charge in [0, 0.05) is 46.0 Å². The molecule has 122 valence electrons. The number of nitrogens with zero attached hydrogens (tertiary/aromatic N) is 3. The van der Waals surface area contributed by atoms with Crippen LogP contribution in [0.25, 0.3) is 0 Å². The Morgan fingerprint density at radius 3 is 2.50 bits per heavy atom. The molecule has 0 radical (unpaired) electrons. The Balaban J connectivity index is 0.00000242. The predicted molar refractivity (Wildman–Crippen MR) is 88.3 cm³/mol. The standard InChI is InChI=1S/C14H20N4O2S.ClH/c1-17(2)21(19,20)14-7-5-4-6-13(14)10-15-8-12-9-16-18(3)11-12;/h4-7,9,11,15H,8,10H2,1-3H3;1H. The van der Waals surface area contributed by atoms with E-state index in [1.807, 2.05) is 25.4 Å². The van der Waals surface area contributed by atoms with E-state index in [9.17, 15) is 8.42 Å². The lowest BCUT2D eigenvalue weighted by Crippen LogP contribution is -2.24. The van der Waals surface area contributed by atoms with Crippen molar-refractivity contribution in [3.05, 3.63) is 47.8 Å². The smallest absolute Gasteiger partial charge is 0.242 e. The van der Waals surface area contributed by atoms with Crippen molar-refractivity contribution in [2.75, 3.05) is 14.1 Å². The summed E-state index contributed by atoms with van der Waals surface area (Å²) in [6.07, 6.45) is 3.71. The molecule has 0 aliphatic rings. The molecule has 2 rings (SSSR count). The number of halogens is 1. The zero-order chi connectivity index (χ0) is 15.5. The van der Waals surface area contributed by atoms with Gasteiger partial charge in [-0.25, -0.2) is 12.7 Å². The molecule has 0 bridgehead atoms. The van der Waals surface area contributed by atoms with Crippen molar-refractivity contribution < 1.29 is 8.42 Å². The Bertz CT molecular complexity index is 713. The monoisotopic (exact) mass is 344 g/mol. The molecular weight excluding hydrogens is 324 g/mol. The van der Waals surface area contributed by atoms with Crippen LogP contribution in [0.2, 0.25) is 0 Å². The van der Waals surface area contributed by atoms with E-state index in [-0.39, 0.29) is 12.4 Å². The average molecular weight is 345 g/mol. The fraction of sp³-hybridized carbons (Fsp3) is 0.357. The van der Waals surface area contributed by atoms with Crippen LogP contribution in [0, 0.1) is 0 Å². The average Bonchev–Trinajstić information content (AvgIpc) is 2.85. The number of rotatable bonds is 6. The summed E-state index contributed by atoms with van der Waals surface area (Å²) in [6.45, 7) is 1.13. The van der Waals surface area contributed by atoms with Gasteiger partial charge in [0.1, 0.15) is 0 Å². The van der Waals surface area contributed by atoms with E-state index in [2.05, 4.69) is 10.4 Å². The highest BCUT2D eigenvalue weighted by Crippen LogP contribution is 2.18. The Hall–Kier alpha value is -1.41. The highest BCUT2D eigenvalue weighted by Gasteiger charge is 2.20. The first-order valence-corrected chi connectivity index (χ1v) is 8.04. The lowest BCUT2D eigenvalue weighted by Gasteiger charge is -2.15. The van der Waals surface area contributed by atoms with Crippen molar-refractivity contribution in [1.29, 1.82) is 0 Å². The maximum Gasteiger partial charge on any atom is 0.242 e. The van der Waals surface area contributed by atoms with Crippen LogP contribution in [0.1, 0.15) is 11.1 Å². The molecule has 1 aromatic heterocycles. The lowest BCUT2D eigenvalue weighted by atomic mass is 10.2. The second kappa shape index (κ2) is 7.73. The van der Waals surface area contributed by atoms with E-state index in [0.29, 0.717) is 18.0 Å². The zero-order valence-electron chi connectivity index (χ0n) is 12.9. The summed E-state index contributed by atoms with van der Waals surface area (Å²) in [4.78, 5) is 0.341. The normalized spacial score (nSPS) is 11.5. The van der Waals surface area contributed by atoms with Gasteiger partial charge < -0.3 is 5.32 Å². The maximum atomic E-state index is 12.3. The SMILES string of the molecule is CN(C)S(=O)(=O)c1ccccc1CNCc1cnn(C)c1.Cl. The molecular formula is C14H21ClN4O2S. The highest BCUT2D eigenvalue weighted by atomic mass is 35.5. The molecule has 1 heterocycles. The van der Waals surface area contributed by atoms with E-state index in [1.165, 1.54) is 18.4 Å². The van der Waals surface area contributed by atoms with Crippen molar-refractivity contribution in [2.24, 2.45) is 7.05 Å². The van der Waals surface area contributed by atoms with Gasteiger partial charge in [-0.2, -0.15) is 5.10 Å². The van der Waals surface area contributed by atoms with Crippen molar-refractivity contribution >= 4 is 22.4 Å². The molecule has 8 heteroatoms. The number of hydrogen-bond donors (Lipinski definition) is 1. The number of hydrogen-bond acceptors (Lipinski definition) is 4. The third kappa shape index (κ3) is 4.30.